The number of hydrogen-bond acceptors (Lipinski definition) is 5. The molecule has 1 N–H and O–H groups in total. The lowest BCUT2D eigenvalue weighted by molar-refractivity contribution is -0.142. The molecule has 5 nitrogen and oxygen atoms in total. The lowest BCUT2D eigenvalue weighted by Gasteiger charge is -2.39. The van der Waals surface area contributed by atoms with Crippen molar-refractivity contribution in [2.45, 2.75) is 58.5 Å². The Kier molecular flexibility index (Phi) is 5.53. The first-order chi connectivity index (χ1) is 14.2. The molecule has 0 radical (unpaired) electrons. The molecule has 2 atom stereocenters. The van der Waals surface area contributed by atoms with Gasteiger partial charge in [-0.15, -0.1) is 0 Å². The number of esters is 1. The van der Waals surface area contributed by atoms with Crippen LogP contribution in [-0.4, -0.2) is 31.1 Å². The Morgan fingerprint density at radius 2 is 2.00 bits per heavy atom. The molecule has 0 saturated carbocycles. The van der Waals surface area contributed by atoms with Crippen LogP contribution in [0.25, 0.3) is 0 Å². The molecule has 0 spiro atoms. The number of dihydropyridines is 1. The monoisotopic (exact) mass is 413 g/mol. The zero-order chi connectivity index (χ0) is 21.5. The Hall–Kier alpha value is -2.47. The first kappa shape index (κ1) is 20.8. The number of carbonyl (C=O) groups is 2. The van der Waals surface area contributed by atoms with Gasteiger partial charge in [-0.2, -0.15) is 0 Å². The van der Waals surface area contributed by atoms with Gasteiger partial charge in [-0.05, 0) is 49.3 Å². The number of ether oxygens (including phenoxy) is 2. The lowest BCUT2D eigenvalue weighted by atomic mass is 9.68. The maximum Gasteiger partial charge on any atom is 0.336 e. The summed E-state index contributed by atoms with van der Waals surface area (Å²) in [6.45, 7) is 6.83. The Bertz CT molecular complexity index is 923. The fourth-order valence-electron chi connectivity index (χ4n) is 4.72. The molecule has 1 aliphatic carbocycles. The normalized spacial score (nSPS) is 25.8. The average Bonchev–Trinajstić information content (AvgIpc) is 3.18. The summed E-state index contributed by atoms with van der Waals surface area (Å²) in [5.74, 6) is -1.38. The molecule has 1 aromatic carbocycles. The minimum absolute atomic E-state index is 0.0139. The highest BCUT2D eigenvalue weighted by Crippen LogP contribution is 2.46. The number of carbonyl (C=O) groups excluding carboxylic acids is 2. The molecule has 1 aromatic rings. The Morgan fingerprint density at radius 1 is 1.27 bits per heavy atom. The van der Waals surface area contributed by atoms with Crippen molar-refractivity contribution < 1.29 is 23.5 Å². The zero-order valence-corrected chi connectivity index (χ0v) is 17.7. The molecule has 6 heteroatoms. The van der Waals surface area contributed by atoms with E-state index in [9.17, 15) is 14.0 Å². The van der Waals surface area contributed by atoms with E-state index in [4.69, 9.17) is 9.47 Å². The van der Waals surface area contributed by atoms with Gasteiger partial charge >= 0.3 is 5.97 Å². The number of hydrogen-bond donors (Lipinski definition) is 1. The Balaban J connectivity index is 1.71. The highest BCUT2D eigenvalue weighted by atomic mass is 19.1. The van der Waals surface area contributed by atoms with Crippen LogP contribution in [0.1, 0.15) is 57.9 Å². The van der Waals surface area contributed by atoms with Crippen molar-refractivity contribution >= 4 is 11.8 Å². The van der Waals surface area contributed by atoms with E-state index < -0.39 is 11.9 Å². The first-order valence-corrected chi connectivity index (χ1v) is 10.5. The van der Waals surface area contributed by atoms with Crippen LogP contribution in [0.2, 0.25) is 0 Å². The summed E-state index contributed by atoms with van der Waals surface area (Å²) in [6.07, 6.45) is 2.87. The molecule has 2 heterocycles. The number of Topliss-reactive ketones (excluding diaryl/α,β-unsaturated/α-hetero) is 1. The fraction of sp³-hybridized carbons (Fsp3) is 0.500. The van der Waals surface area contributed by atoms with E-state index in [0.29, 0.717) is 41.9 Å². The number of nitrogens with one attached hydrogen (secondary N) is 1. The van der Waals surface area contributed by atoms with Crippen LogP contribution in [0.3, 0.4) is 0 Å². The van der Waals surface area contributed by atoms with Gasteiger partial charge in [0.25, 0.3) is 0 Å². The largest absolute Gasteiger partial charge is 0.459 e. The Morgan fingerprint density at radius 3 is 2.67 bits per heavy atom. The van der Waals surface area contributed by atoms with E-state index in [1.807, 2.05) is 6.92 Å². The minimum Gasteiger partial charge on any atom is -0.459 e. The van der Waals surface area contributed by atoms with E-state index in [1.54, 1.807) is 12.1 Å². The van der Waals surface area contributed by atoms with Gasteiger partial charge < -0.3 is 14.8 Å². The lowest BCUT2D eigenvalue weighted by Crippen LogP contribution is -2.39. The molecule has 2 unspecified atom stereocenters. The zero-order valence-electron chi connectivity index (χ0n) is 17.7. The van der Waals surface area contributed by atoms with E-state index in [0.717, 1.165) is 18.5 Å². The summed E-state index contributed by atoms with van der Waals surface area (Å²) in [7, 11) is 0. The summed E-state index contributed by atoms with van der Waals surface area (Å²) in [5.41, 5.74) is 3.07. The third kappa shape index (κ3) is 4.06. The molecule has 160 valence electrons. The number of benzene rings is 1. The van der Waals surface area contributed by atoms with Crippen molar-refractivity contribution in [3.05, 3.63) is 58.2 Å². The Labute approximate surface area is 176 Å². The molecule has 2 aliphatic heterocycles. The van der Waals surface area contributed by atoms with Crippen molar-refractivity contribution in [1.29, 1.82) is 0 Å². The highest BCUT2D eigenvalue weighted by molar-refractivity contribution is 6.04. The second-order valence-electron chi connectivity index (χ2n) is 9.21. The first-order valence-electron chi connectivity index (χ1n) is 10.5. The highest BCUT2D eigenvalue weighted by Gasteiger charge is 2.43. The van der Waals surface area contributed by atoms with Crippen molar-refractivity contribution in [3.8, 4) is 0 Å². The summed E-state index contributed by atoms with van der Waals surface area (Å²) in [5, 5.41) is 3.31. The topological polar surface area (TPSA) is 64.6 Å². The smallest absolute Gasteiger partial charge is 0.336 e. The third-order valence-electron chi connectivity index (χ3n) is 6.09. The molecule has 1 fully saturated rings. The van der Waals surface area contributed by atoms with Gasteiger partial charge in [0.2, 0.25) is 0 Å². The predicted octanol–water partition coefficient (Wildman–Crippen LogP) is 4.15. The predicted molar refractivity (Wildman–Crippen MR) is 110 cm³/mol. The summed E-state index contributed by atoms with van der Waals surface area (Å²) >= 11 is 0. The maximum atomic E-state index is 13.6. The summed E-state index contributed by atoms with van der Waals surface area (Å²) in [4.78, 5) is 26.3. The number of allylic oxidation sites excluding steroid dienone is 3. The van der Waals surface area contributed by atoms with Gasteiger partial charge in [-0.3, -0.25) is 4.79 Å². The SMILES string of the molecule is CC1=C(C(=O)OCC2CCCO2)C(c2ccc(F)cc2)C2=C(CC(C)(C)CC2=O)N1. The molecule has 0 amide bonds. The van der Waals surface area contributed by atoms with Crippen LogP contribution in [0.15, 0.2) is 46.8 Å². The van der Waals surface area contributed by atoms with Gasteiger partial charge in [0.15, 0.2) is 5.78 Å². The van der Waals surface area contributed by atoms with E-state index >= 15 is 0 Å². The van der Waals surface area contributed by atoms with Crippen molar-refractivity contribution in [2.75, 3.05) is 13.2 Å². The second kappa shape index (κ2) is 7.99. The third-order valence-corrected chi connectivity index (χ3v) is 6.09. The van der Waals surface area contributed by atoms with Crippen molar-refractivity contribution in [3.63, 3.8) is 0 Å². The standard InChI is InChI=1S/C24H28FNO4/c1-14-20(23(28)30-13-17-5-4-10-29-17)21(15-6-8-16(25)9-7-15)22-18(26-14)11-24(2,3)12-19(22)27/h6-9,17,21,26H,4-5,10-13H2,1-3H3. The van der Waals surface area contributed by atoms with Crippen molar-refractivity contribution in [1.82, 2.24) is 5.32 Å². The van der Waals surface area contributed by atoms with Gasteiger partial charge in [0.05, 0.1) is 11.7 Å². The molecule has 3 aliphatic rings. The van der Waals surface area contributed by atoms with E-state index in [2.05, 4.69) is 19.2 Å². The number of rotatable bonds is 4. The van der Waals surface area contributed by atoms with Gasteiger partial charge in [-0.1, -0.05) is 26.0 Å². The van der Waals surface area contributed by atoms with Crippen LogP contribution in [0, 0.1) is 11.2 Å². The minimum atomic E-state index is -0.567. The maximum absolute atomic E-state index is 13.6. The fourth-order valence-corrected chi connectivity index (χ4v) is 4.72. The molecular formula is C24H28FNO4. The van der Waals surface area contributed by atoms with Crippen LogP contribution >= 0.6 is 0 Å². The molecule has 4 rings (SSSR count). The molecule has 1 saturated heterocycles. The van der Waals surface area contributed by atoms with Crippen LogP contribution < -0.4 is 5.32 Å². The molecule has 0 aromatic heterocycles. The van der Waals surface area contributed by atoms with Gasteiger partial charge in [0.1, 0.15) is 12.4 Å². The summed E-state index contributed by atoms with van der Waals surface area (Å²) < 4.78 is 24.7. The van der Waals surface area contributed by atoms with Crippen LogP contribution in [0.4, 0.5) is 4.39 Å². The number of ketones is 1. The quantitative estimate of drug-likeness (QED) is 0.752. The van der Waals surface area contributed by atoms with Crippen molar-refractivity contribution in [2.24, 2.45) is 5.41 Å². The molecule has 0 bridgehead atoms. The van der Waals surface area contributed by atoms with E-state index in [-0.39, 0.29) is 29.7 Å². The van der Waals surface area contributed by atoms with Crippen LogP contribution in [-0.2, 0) is 19.1 Å². The van der Waals surface area contributed by atoms with Gasteiger partial charge in [-0.25, -0.2) is 9.18 Å². The molecule has 30 heavy (non-hydrogen) atoms. The average molecular weight is 413 g/mol. The second-order valence-corrected chi connectivity index (χ2v) is 9.21. The molecular weight excluding hydrogens is 385 g/mol. The number of halogens is 1. The summed E-state index contributed by atoms with van der Waals surface area (Å²) in [6, 6.07) is 6.01. The van der Waals surface area contributed by atoms with Gasteiger partial charge in [0, 0.05) is 35.9 Å². The van der Waals surface area contributed by atoms with E-state index in [1.165, 1.54) is 12.1 Å². The van der Waals surface area contributed by atoms with Crippen LogP contribution in [0.5, 0.6) is 0 Å².